The van der Waals surface area contributed by atoms with Crippen molar-refractivity contribution in [3.63, 3.8) is 0 Å². The maximum absolute atomic E-state index is 11.9. The third-order valence-corrected chi connectivity index (χ3v) is 3.87. The maximum Gasteiger partial charge on any atom is 0.233 e. The van der Waals surface area contributed by atoms with Crippen LogP contribution in [0.5, 0.6) is 0 Å². The fourth-order valence-electron chi connectivity index (χ4n) is 1.64. The van der Waals surface area contributed by atoms with Gasteiger partial charge in [0.2, 0.25) is 11.8 Å². The number of hydrogen-bond donors (Lipinski definition) is 3. The van der Waals surface area contributed by atoms with E-state index in [-0.39, 0.29) is 23.1 Å². The second-order valence-electron chi connectivity index (χ2n) is 5.02. The molecule has 0 aliphatic rings. The lowest BCUT2D eigenvalue weighted by Crippen LogP contribution is -2.34. The molecule has 0 saturated heterocycles. The lowest BCUT2D eigenvalue weighted by Gasteiger charge is -2.13. The molecule has 116 valence electrons. The van der Waals surface area contributed by atoms with Gasteiger partial charge in [0.25, 0.3) is 0 Å². The summed E-state index contributed by atoms with van der Waals surface area (Å²) in [5, 5.41) is 5.41. The van der Waals surface area contributed by atoms with Crippen molar-refractivity contribution in [1.29, 1.82) is 0 Å². The Balaban J connectivity index is 2.44. The first kappa shape index (κ1) is 17.5. The molecule has 0 aliphatic carbocycles. The maximum atomic E-state index is 11.9. The zero-order chi connectivity index (χ0) is 15.8. The van der Waals surface area contributed by atoms with E-state index in [0.29, 0.717) is 6.54 Å². The first-order chi connectivity index (χ1) is 9.88. The summed E-state index contributed by atoms with van der Waals surface area (Å²) in [6.07, 6.45) is 0.772. The predicted octanol–water partition coefficient (Wildman–Crippen LogP) is 1.98. The Labute approximate surface area is 130 Å². The molecule has 2 atom stereocenters. The number of hydrogen-bond acceptors (Lipinski definition) is 4. The minimum absolute atomic E-state index is 0.00610. The Bertz CT molecular complexity index is 474. The molecule has 0 heterocycles. The Morgan fingerprint density at radius 1 is 1.24 bits per heavy atom. The van der Waals surface area contributed by atoms with Crippen LogP contribution < -0.4 is 16.4 Å². The predicted molar refractivity (Wildman–Crippen MR) is 87.3 cm³/mol. The number of amides is 2. The quantitative estimate of drug-likeness (QED) is 0.672. The van der Waals surface area contributed by atoms with Crippen LogP contribution in [0.3, 0.4) is 0 Å². The van der Waals surface area contributed by atoms with E-state index in [0.717, 1.165) is 17.0 Å². The van der Waals surface area contributed by atoms with Crippen LogP contribution in [0.15, 0.2) is 29.2 Å². The van der Waals surface area contributed by atoms with E-state index in [1.165, 1.54) is 18.7 Å². The van der Waals surface area contributed by atoms with Crippen molar-refractivity contribution in [3.05, 3.63) is 24.3 Å². The van der Waals surface area contributed by atoms with Crippen LogP contribution in [0.4, 0.5) is 5.69 Å². The van der Waals surface area contributed by atoms with Crippen LogP contribution in [-0.4, -0.2) is 29.7 Å². The minimum atomic E-state index is -0.176. The fraction of sp³-hybridized carbons (Fsp3) is 0.467. The van der Waals surface area contributed by atoms with E-state index in [9.17, 15) is 9.59 Å². The van der Waals surface area contributed by atoms with Gasteiger partial charge in [-0.1, -0.05) is 0 Å². The normalized spacial score (nSPS) is 13.3. The van der Waals surface area contributed by atoms with E-state index in [1.54, 1.807) is 0 Å². The molecule has 1 aromatic carbocycles. The average Bonchev–Trinajstić information content (AvgIpc) is 2.39. The molecule has 0 spiro atoms. The van der Waals surface area contributed by atoms with Gasteiger partial charge in [0.15, 0.2) is 0 Å². The molecular weight excluding hydrogens is 286 g/mol. The summed E-state index contributed by atoms with van der Waals surface area (Å²) < 4.78 is 0. The molecule has 1 aromatic rings. The van der Waals surface area contributed by atoms with Crippen molar-refractivity contribution in [2.45, 2.75) is 43.4 Å². The van der Waals surface area contributed by atoms with Crippen molar-refractivity contribution < 1.29 is 9.59 Å². The van der Waals surface area contributed by atoms with Gasteiger partial charge in [-0.2, -0.15) is 0 Å². The fourth-order valence-corrected chi connectivity index (χ4v) is 2.54. The van der Waals surface area contributed by atoms with Gasteiger partial charge < -0.3 is 16.4 Å². The van der Waals surface area contributed by atoms with E-state index in [1.807, 2.05) is 38.1 Å². The van der Waals surface area contributed by atoms with Crippen molar-refractivity contribution >= 4 is 29.3 Å². The third kappa shape index (κ3) is 7.15. The SMILES string of the molecule is CC(=O)Nc1ccc(SC(C)C(=O)NCCC(C)N)cc1. The second kappa shape index (κ2) is 8.69. The van der Waals surface area contributed by atoms with Gasteiger partial charge in [0.05, 0.1) is 5.25 Å². The van der Waals surface area contributed by atoms with E-state index in [4.69, 9.17) is 5.73 Å². The standard InChI is InChI=1S/C15H23N3O2S/c1-10(16)8-9-17-15(20)11(2)21-14-6-4-13(5-7-14)18-12(3)19/h4-7,10-11H,8-9,16H2,1-3H3,(H,17,20)(H,18,19). The zero-order valence-corrected chi connectivity index (χ0v) is 13.5. The highest BCUT2D eigenvalue weighted by molar-refractivity contribution is 8.00. The summed E-state index contributed by atoms with van der Waals surface area (Å²) in [5.74, 6) is -0.0936. The molecule has 1 rings (SSSR count). The molecule has 0 saturated carbocycles. The molecule has 21 heavy (non-hydrogen) atoms. The highest BCUT2D eigenvalue weighted by atomic mass is 32.2. The summed E-state index contributed by atoms with van der Waals surface area (Å²) in [5.41, 5.74) is 6.39. The van der Waals surface area contributed by atoms with Crippen LogP contribution in [0, 0.1) is 0 Å². The van der Waals surface area contributed by atoms with Crippen LogP contribution in [0.2, 0.25) is 0 Å². The Morgan fingerprint density at radius 2 is 1.86 bits per heavy atom. The van der Waals surface area contributed by atoms with E-state index < -0.39 is 0 Å². The number of benzene rings is 1. The summed E-state index contributed by atoms with van der Waals surface area (Å²) in [6, 6.07) is 7.52. The lowest BCUT2D eigenvalue weighted by atomic mass is 10.2. The van der Waals surface area contributed by atoms with Crippen LogP contribution in [0.1, 0.15) is 27.2 Å². The summed E-state index contributed by atoms with van der Waals surface area (Å²) in [7, 11) is 0. The second-order valence-corrected chi connectivity index (χ2v) is 6.44. The number of nitrogens with one attached hydrogen (secondary N) is 2. The van der Waals surface area contributed by atoms with E-state index >= 15 is 0 Å². The minimum Gasteiger partial charge on any atom is -0.355 e. The van der Waals surface area contributed by atoms with Gasteiger partial charge in [0, 0.05) is 30.1 Å². The smallest absolute Gasteiger partial charge is 0.233 e. The number of rotatable bonds is 7. The molecule has 0 bridgehead atoms. The van der Waals surface area contributed by atoms with Gasteiger partial charge in [-0.05, 0) is 44.5 Å². The molecule has 0 aliphatic heterocycles. The topological polar surface area (TPSA) is 84.2 Å². The largest absolute Gasteiger partial charge is 0.355 e. The molecular formula is C15H23N3O2S. The first-order valence-electron chi connectivity index (χ1n) is 6.96. The van der Waals surface area contributed by atoms with Crippen molar-refractivity contribution in [2.24, 2.45) is 5.73 Å². The van der Waals surface area contributed by atoms with Crippen LogP contribution in [0.25, 0.3) is 0 Å². The summed E-state index contributed by atoms with van der Waals surface area (Å²) in [6.45, 7) is 5.86. The Morgan fingerprint density at radius 3 is 2.38 bits per heavy atom. The first-order valence-corrected chi connectivity index (χ1v) is 7.84. The monoisotopic (exact) mass is 309 g/mol. The highest BCUT2D eigenvalue weighted by Gasteiger charge is 2.13. The molecule has 5 nitrogen and oxygen atoms in total. The molecule has 2 amide bonds. The highest BCUT2D eigenvalue weighted by Crippen LogP contribution is 2.24. The van der Waals surface area contributed by atoms with Gasteiger partial charge in [-0.25, -0.2) is 0 Å². The van der Waals surface area contributed by atoms with Crippen LogP contribution in [-0.2, 0) is 9.59 Å². The molecule has 4 N–H and O–H groups in total. The third-order valence-electron chi connectivity index (χ3n) is 2.76. The van der Waals surface area contributed by atoms with Crippen molar-refractivity contribution in [3.8, 4) is 0 Å². The summed E-state index contributed by atoms with van der Waals surface area (Å²) >= 11 is 1.48. The number of carbonyl (C=O) groups is 2. The Kier molecular flexibility index (Phi) is 7.25. The van der Waals surface area contributed by atoms with Crippen molar-refractivity contribution in [2.75, 3.05) is 11.9 Å². The number of carbonyl (C=O) groups excluding carboxylic acids is 2. The zero-order valence-electron chi connectivity index (χ0n) is 12.7. The molecule has 2 unspecified atom stereocenters. The number of nitrogens with two attached hydrogens (primary N) is 1. The van der Waals surface area contributed by atoms with Gasteiger partial charge >= 0.3 is 0 Å². The lowest BCUT2D eigenvalue weighted by molar-refractivity contribution is -0.120. The molecule has 0 aromatic heterocycles. The molecule has 0 radical (unpaired) electrons. The van der Waals surface area contributed by atoms with E-state index in [2.05, 4.69) is 10.6 Å². The average molecular weight is 309 g/mol. The van der Waals surface area contributed by atoms with Gasteiger partial charge in [-0.15, -0.1) is 11.8 Å². The van der Waals surface area contributed by atoms with Gasteiger partial charge in [0.1, 0.15) is 0 Å². The summed E-state index contributed by atoms with van der Waals surface area (Å²) in [4.78, 5) is 23.8. The molecule has 6 heteroatoms. The van der Waals surface area contributed by atoms with Crippen molar-refractivity contribution in [1.82, 2.24) is 5.32 Å². The number of anilines is 1. The number of thioether (sulfide) groups is 1. The van der Waals surface area contributed by atoms with Crippen LogP contribution >= 0.6 is 11.8 Å². The molecule has 0 fully saturated rings. The van der Waals surface area contributed by atoms with Gasteiger partial charge in [-0.3, -0.25) is 9.59 Å². The Hall–Kier alpha value is -1.53.